The van der Waals surface area contributed by atoms with Crippen LogP contribution in [0.1, 0.15) is 25.7 Å². The van der Waals surface area contributed by atoms with E-state index in [0.29, 0.717) is 6.42 Å². The molecule has 1 N–H and O–H groups in total. The molecule has 0 bridgehead atoms. The fourth-order valence-electron chi connectivity index (χ4n) is 1.29. The van der Waals surface area contributed by atoms with Gasteiger partial charge in [-0.1, -0.05) is 0 Å². The number of nitriles is 1. The van der Waals surface area contributed by atoms with Crippen LogP contribution >= 0.6 is 0 Å². The van der Waals surface area contributed by atoms with E-state index < -0.39 is 0 Å². The first-order valence-electron chi connectivity index (χ1n) is 4.12. The standard InChI is InChI=1S/C8H12N2O2/c9-6-10-8(11)4-3-7-2-1-5-12-7/h7H,1-5H2,(H,10,11). The van der Waals surface area contributed by atoms with Gasteiger partial charge >= 0.3 is 0 Å². The molecule has 0 aliphatic carbocycles. The largest absolute Gasteiger partial charge is 0.378 e. The van der Waals surface area contributed by atoms with E-state index in [2.05, 4.69) is 5.32 Å². The van der Waals surface area contributed by atoms with Gasteiger partial charge in [-0.05, 0) is 19.3 Å². The maximum absolute atomic E-state index is 10.8. The fourth-order valence-corrected chi connectivity index (χ4v) is 1.29. The van der Waals surface area contributed by atoms with E-state index in [0.717, 1.165) is 25.9 Å². The molecule has 4 nitrogen and oxygen atoms in total. The molecule has 1 unspecified atom stereocenters. The Kier molecular flexibility index (Phi) is 3.55. The number of carbonyl (C=O) groups is 1. The summed E-state index contributed by atoms with van der Waals surface area (Å²) in [7, 11) is 0. The minimum Gasteiger partial charge on any atom is -0.378 e. The molecule has 1 atom stereocenters. The molecule has 0 spiro atoms. The Morgan fingerprint density at radius 2 is 2.58 bits per heavy atom. The zero-order valence-corrected chi connectivity index (χ0v) is 6.88. The van der Waals surface area contributed by atoms with Gasteiger partial charge in [-0.15, -0.1) is 0 Å². The first-order chi connectivity index (χ1) is 5.83. The highest BCUT2D eigenvalue weighted by molar-refractivity contribution is 5.77. The Labute approximate surface area is 71.5 Å². The minimum absolute atomic E-state index is 0.215. The van der Waals surface area contributed by atoms with Crippen LogP contribution in [0, 0.1) is 11.5 Å². The number of rotatable bonds is 3. The van der Waals surface area contributed by atoms with E-state index in [4.69, 9.17) is 10.00 Å². The Morgan fingerprint density at radius 1 is 1.75 bits per heavy atom. The molecule has 1 heterocycles. The minimum atomic E-state index is -0.215. The Morgan fingerprint density at radius 3 is 3.17 bits per heavy atom. The maximum atomic E-state index is 10.8. The average molecular weight is 168 g/mol. The number of hydrogen-bond acceptors (Lipinski definition) is 3. The highest BCUT2D eigenvalue weighted by atomic mass is 16.5. The van der Waals surface area contributed by atoms with Crippen molar-refractivity contribution >= 4 is 5.91 Å². The van der Waals surface area contributed by atoms with Crippen LogP contribution in [0.3, 0.4) is 0 Å². The van der Waals surface area contributed by atoms with Crippen molar-refractivity contribution in [1.82, 2.24) is 5.32 Å². The third-order valence-corrected chi connectivity index (χ3v) is 1.91. The number of nitrogens with zero attached hydrogens (tertiary/aromatic N) is 1. The molecule has 1 aliphatic heterocycles. The van der Waals surface area contributed by atoms with Crippen molar-refractivity contribution in [1.29, 1.82) is 5.26 Å². The third kappa shape index (κ3) is 2.89. The van der Waals surface area contributed by atoms with E-state index in [1.54, 1.807) is 6.19 Å². The fraction of sp³-hybridized carbons (Fsp3) is 0.750. The molecule has 0 aromatic carbocycles. The zero-order valence-electron chi connectivity index (χ0n) is 6.88. The Balaban J connectivity index is 2.08. The lowest BCUT2D eigenvalue weighted by Gasteiger charge is -2.06. The molecule has 1 saturated heterocycles. The predicted molar refractivity (Wildman–Crippen MR) is 42.0 cm³/mol. The summed E-state index contributed by atoms with van der Waals surface area (Å²) in [5.41, 5.74) is 0. The SMILES string of the molecule is N#CNC(=O)CCC1CCCO1. The van der Waals surface area contributed by atoms with Crippen LogP contribution in [-0.2, 0) is 9.53 Å². The van der Waals surface area contributed by atoms with Crippen LogP contribution in [0.4, 0.5) is 0 Å². The van der Waals surface area contributed by atoms with Gasteiger partial charge in [-0.3, -0.25) is 10.1 Å². The highest BCUT2D eigenvalue weighted by Gasteiger charge is 2.16. The van der Waals surface area contributed by atoms with Gasteiger partial charge in [0, 0.05) is 13.0 Å². The van der Waals surface area contributed by atoms with Crippen molar-refractivity contribution in [3.63, 3.8) is 0 Å². The normalized spacial score (nSPS) is 21.8. The van der Waals surface area contributed by atoms with E-state index in [9.17, 15) is 4.79 Å². The van der Waals surface area contributed by atoms with E-state index >= 15 is 0 Å². The van der Waals surface area contributed by atoms with Crippen LogP contribution in [-0.4, -0.2) is 18.6 Å². The van der Waals surface area contributed by atoms with Gasteiger partial charge in [0.2, 0.25) is 5.91 Å². The van der Waals surface area contributed by atoms with Gasteiger partial charge in [-0.25, -0.2) is 0 Å². The quantitative estimate of drug-likeness (QED) is 0.494. The Bertz CT molecular complexity index is 192. The van der Waals surface area contributed by atoms with Crippen molar-refractivity contribution in [3.05, 3.63) is 0 Å². The number of nitrogens with one attached hydrogen (secondary N) is 1. The molecule has 4 heteroatoms. The molecule has 1 amide bonds. The smallest absolute Gasteiger partial charge is 0.233 e. The second-order valence-electron chi connectivity index (χ2n) is 2.83. The van der Waals surface area contributed by atoms with Crippen LogP contribution < -0.4 is 5.32 Å². The van der Waals surface area contributed by atoms with E-state index in [-0.39, 0.29) is 12.0 Å². The van der Waals surface area contributed by atoms with Gasteiger partial charge in [0.05, 0.1) is 6.10 Å². The molecule has 12 heavy (non-hydrogen) atoms. The van der Waals surface area contributed by atoms with Crippen molar-refractivity contribution in [3.8, 4) is 6.19 Å². The molecule has 1 aliphatic rings. The molecule has 1 rings (SSSR count). The second-order valence-corrected chi connectivity index (χ2v) is 2.83. The Hall–Kier alpha value is -1.08. The van der Waals surface area contributed by atoms with Gasteiger partial charge in [0.25, 0.3) is 0 Å². The molecule has 0 aromatic rings. The lowest BCUT2D eigenvalue weighted by Crippen LogP contribution is -2.19. The molecular formula is C8H12N2O2. The van der Waals surface area contributed by atoms with Crippen LogP contribution in [0.2, 0.25) is 0 Å². The summed E-state index contributed by atoms with van der Waals surface area (Å²) in [6, 6.07) is 0. The van der Waals surface area contributed by atoms with Crippen molar-refractivity contribution in [2.75, 3.05) is 6.61 Å². The summed E-state index contributed by atoms with van der Waals surface area (Å²) in [4.78, 5) is 10.8. The zero-order chi connectivity index (χ0) is 8.81. The molecule has 0 saturated carbocycles. The average Bonchev–Trinajstić information content (AvgIpc) is 2.53. The highest BCUT2D eigenvalue weighted by Crippen LogP contribution is 2.16. The van der Waals surface area contributed by atoms with E-state index in [1.165, 1.54) is 0 Å². The molecule has 1 fully saturated rings. The number of carbonyl (C=O) groups excluding carboxylic acids is 1. The third-order valence-electron chi connectivity index (χ3n) is 1.91. The number of hydrogen-bond donors (Lipinski definition) is 1. The van der Waals surface area contributed by atoms with Gasteiger partial charge < -0.3 is 4.74 Å². The van der Waals surface area contributed by atoms with Gasteiger partial charge in [-0.2, -0.15) is 5.26 Å². The summed E-state index contributed by atoms with van der Waals surface area (Å²) in [6.45, 7) is 0.810. The summed E-state index contributed by atoms with van der Waals surface area (Å²) >= 11 is 0. The first kappa shape index (κ1) is 9.01. The number of ether oxygens (including phenoxy) is 1. The second kappa shape index (κ2) is 4.73. The summed E-state index contributed by atoms with van der Waals surface area (Å²) in [5.74, 6) is -0.215. The van der Waals surface area contributed by atoms with Crippen LogP contribution in [0.5, 0.6) is 0 Å². The predicted octanol–water partition coefficient (Wildman–Crippen LogP) is 0.543. The van der Waals surface area contributed by atoms with Gasteiger partial charge in [0.1, 0.15) is 0 Å². The van der Waals surface area contributed by atoms with Crippen LogP contribution in [0.25, 0.3) is 0 Å². The molecular weight excluding hydrogens is 156 g/mol. The number of amides is 1. The van der Waals surface area contributed by atoms with Crippen molar-refractivity contribution in [2.24, 2.45) is 0 Å². The lowest BCUT2D eigenvalue weighted by atomic mass is 10.1. The maximum Gasteiger partial charge on any atom is 0.233 e. The van der Waals surface area contributed by atoms with Gasteiger partial charge in [0.15, 0.2) is 6.19 Å². The van der Waals surface area contributed by atoms with Crippen molar-refractivity contribution in [2.45, 2.75) is 31.8 Å². The summed E-state index contributed by atoms with van der Waals surface area (Å²) < 4.78 is 5.32. The monoisotopic (exact) mass is 168 g/mol. The summed E-state index contributed by atoms with van der Waals surface area (Å²) in [5, 5.41) is 10.2. The molecule has 66 valence electrons. The topological polar surface area (TPSA) is 62.1 Å². The van der Waals surface area contributed by atoms with Crippen LogP contribution in [0.15, 0.2) is 0 Å². The lowest BCUT2D eigenvalue weighted by molar-refractivity contribution is -0.120. The van der Waals surface area contributed by atoms with E-state index in [1.807, 2.05) is 0 Å². The summed E-state index contributed by atoms with van der Waals surface area (Å²) in [6.07, 6.45) is 5.08. The van der Waals surface area contributed by atoms with Crippen molar-refractivity contribution < 1.29 is 9.53 Å². The molecule has 0 aromatic heterocycles. The molecule has 0 radical (unpaired) electrons. The first-order valence-corrected chi connectivity index (χ1v) is 4.12.